The van der Waals surface area contributed by atoms with Crippen LogP contribution in [0.3, 0.4) is 0 Å². The van der Waals surface area contributed by atoms with Gasteiger partial charge in [-0.15, -0.1) is 0 Å². The molecule has 0 aromatic carbocycles. The maximum Gasteiger partial charge on any atom is 0.351 e. The maximum absolute atomic E-state index is 11.8. The van der Waals surface area contributed by atoms with Gasteiger partial charge in [-0.2, -0.15) is 4.98 Å². The van der Waals surface area contributed by atoms with Crippen molar-refractivity contribution < 1.29 is 24.8 Å². The van der Waals surface area contributed by atoms with E-state index in [-0.39, 0.29) is 19.0 Å². The van der Waals surface area contributed by atoms with Crippen LogP contribution in [0.4, 0.5) is 5.82 Å². The van der Waals surface area contributed by atoms with Gasteiger partial charge in [0.2, 0.25) is 0 Å². The molecule has 1 aromatic rings. The Hall–Kier alpha value is -1.52. The zero-order chi connectivity index (χ0) is 14.7. The van der Waals surface area contributed by atoms with Crippen molar-refractivity contribution in [1.29, 1.82) is 0 Å². The van der Waals surface area contributed by atoms with Crippen LogP contribution in [0.1, 0.15) is 6.23 Å². The van der Waals surface area contributed by atoms with E-state index in [0.29, 0.717) is 0 Å². The van der Waals surface area contributed by atoms with E-state index in [9.17, 15) is 9.90 Å². The van der Waals surface area contributed by atoms with Crippen molar-refractivity contribution in [1.82, 2.24) is 9.55 Å². The summed E-state index contributed by atoms with van der Waals surface area (Å²) in [6.45, 7) is -0.695. The van der Waals surface area contributed by atoms with Crippen molar-refractivity contribution in [2.45, 2.75) is 24.5 Å². The van der Waals surface area contributed by atoms with Crippen LogP contribution in [0, 0.1) is 0 Å². The van der Waals surface area contributed by atoms with Gasteiger partial charge in [-0.25, -0.2) is 4.79 Å². The van der Waals surface area contributed by atoms with E-state index < -0.39 is 36.8 Å². The molecule has 5 N–H and O–H groups in total. The normalized spacial score (nSPS) is 29.8. The Balaban J connectivity index is 2.29. The number of rotatable bonds is 5. The van der Waals surface area contributed by atoms with Crippen molar-refractivity contribution in [3.05, 3.63) is 22.7 Å². The average Bonchev–Trinajstić information content (AvgIpc) is 2.73. The molecule has 4 atom stereocenters. The first-order valence-electron chi connectivity index (χ1n) is 6.10. The number of nitrogens with two attached hydrogens (primary N) is 1. The Morgan fingerprint density at radius 2 is 2.25 bits per heavy atom. The highest BCUT2D eigenvalue weighted by molar-refractivity contribution is 5.23. The lowest BCUT2D eigenvalue weighted by molar-refractivity contribution is -0.0796. The van der Waals surface area contributed by atoms with Crippen LogP contribution in [0.15, 0.2) is 17.1 Å². The highest BCUT2D eigenvalue weighted by Gasteiger charge is 2.45. The van der Waals surface area contributed by atoms with Crippen LogP contribution in [0.2, 0.25) is 0 Å². The van der Waals surface area contributed by atoms with E-state index in [1.807, 2.05) is 0 Å². The van der Waals surface area contributed by atoms with E-state index >= 15 is 0 Å². The minimum atomic E-state index is -1.12. The molecular weight excluding hydrogens is 270 g/mol. The fourth-order valence-electron chi connectivity index (χ4n) is 2.08. The minimum absolute atomic E-state index is 0.0309. The minimum Gasteiger partial charge on any atom is -0.394 e. The van der Waals surface area contributed by atoms with Crippen LogP contribution in [0.5, 0.6) is 0 Å². The standard InChI is InChI=1S/C11H17N3O6/c12-7-1-2-14(11(18)13-7)10-9(19-4-3-15)8(17)6(5-16)20-10/h1-2,6,8-10,15-17H,3-5H2,(H2,12,13,18)/t6-,8?,9?,10-/m1/s1. The van der Waals surface area contributed by atoms with E-state index in [1.165, 1.54) is 12.3 Å². The van der Waals surface area contributed by atoms with Crippen LogP contribution < -0.4 is 11.4 Å². The molecule has 9 heteroatoms. The zero-order valence-corrected chi connectivity index (χ0v) is 10.6. The summed E-state index contributed by atoms with van der Waals surface area (Å²) in [5, 5.41) is 27.9. The lowest BCUT2D eigenvalue weighted by atomic mass is 10.1. The lowest BCUT2D eigenvalue weighted by Crippen LogP contribution is -2.38. The average molecular weight is 287 g/mol. The Kier molecular flexibility index (Phi) is 4.68. The molecule has 112 valence electrons. The number of hydrogen-bond donors (Lipinski definition) is 4. The maximum atomic E-state index is 11.8. The molecule has 0 saturated carbocycles. The first-order chi connectivity index (χ1) is 9.58. The third-order valence-corrected chi connectivity index (χ3v) is 3.02. The Morgan fingerprint density at radius 1 is 1.50 bits per heavy atom. The molecule has 0 spiro atoms. The summed E-state index contributed by atoms with van der Waals surface area (Å²) in [4.78, 5) is 15.4. The van der Waals surface area contributed by atoms with Crippen LogP contribution in [-0.2, 0) is 9.47 Å². The topological polar surface area (TPSA) is 140 Å². The molecular formula is C11H17N3O6. The van der Waals surface area contributed by atoms with Gasteiger partial charge in [0.15, 0.2) is 6.23 Å². The lowest BCUT2D eigenvalue weighted by Gasteiger charge is -2.21. The monoisotopic (exact) mass is 287 g/mol. The van der Waals surface area contributed by atoms with Gasteiger partial charge in [0, 0.05) is 6.20 Å². The second-order valence-electron chi connectivity index (χ2n) is 4.34. The zero-order valence-electron chi connectivity index (χ0n) is 10.6. The molecule has 1 aromatic heterocycles. The molecule has 2 rings (SSSR count). The first kappa shape index (κ1) is 14.9. The van der Waals surface area contributed by atoms with Crippen molar-refractivity contribution in [3.8, 4) is 0 Å². The third-order valence-electron chi connectivity index (χ3n) is 3.02. The van der Waals surface area contributed by atoms with E-state index in [2.05, 4.69) is 4.98 Å². The molecule has 0 radical (unpaired) electrons. The van der Waals surface area contributed by atoms with Crippen molar-refractivity contribution in [3.63, 3.8) is 0 Å². The molecule has 20 heavy (non-hydrogen) atoms. The predicted molar refractivity (Wildman–Crippen MR) is 66.7 cm³/mol. The van der Waals surface area contributed by atoms with Crippen LogP contribution in [-0.4, -0.2) is 63.0 Å². The van der Waals surface area contributed by atoms with Gasteiger partial charge in [0.1, 0.15) is 24.1 Å². The summed E-state index contributed by atoms with van der Waals surface area (Å²) in [6, 6.07) is 1.41. The smallest absolute Gasteiger partial charge is 0.351 e. The number of aliphatic hydroxyl groups is 3. The summed E-state index contributed by atoms with van der Waals surface area (Å²) in [5.74, 6) is 0.0660. The summed E-state index contributed by atoms with van der Waals surface area (Å²) >= 11 is 0. The van der Waals surface area contributed by atoms with Gasteiger partial charge in [-0.1, -0.05) is 0 Å². The summed E-state index contributed by atoms with van der Waals surface area (Å²) in [7, 11) is 0. The van der Waals surface area contributed by atoms with E-state index in [4.69, 9.17) is 25.4 Å². The molecule has 1 saturated heterocycles. The number of nitrogen functional groups attached to an aromatic ring is 1. The number of aromatic nitrogens is 2. The predicted octanol–water partition coefficient (Wildman–Crippen LogP) is -2.55. The number of ether oxygens (including phenoxy) is 2. The van der Waals surface area contributed by atoms with Crippen LogP contribution in [0.25, 0.3) is 0 Å². The molecule has 2 heterocycles. The molecule has 2 unspecified atom stereocenters. The van der Waals surface area contributed by atoms with E-state index in [0.717, 1.165) is 4.57 Å². The third kappa shape index (κ3) is 2.81. The quantitative estimate of drug-likeness (QED) is 0.464. The highest BCUT2D eigenvalue weighted by Crippen LogP contribution is 2.30. The highest BCUT2D eigenvalue weighted by atomic mass is 16.6. The molecule has 0 aliphatic carbocycles. The number of nitrogens with zero attached hydrogens (tertiary/aromatic N) is 2. The first-order valence-corrected chi connectivity index (χ1v) is 6.10. The van der Waals surface area contributed by atoms with Crippen molar-refractivity contribution in [2.24, 2.45) is 0 Å². The van der Waals surface area contributed by atoms with Crippen LogP contribution >= 0.6 is 0 Å². The van der Waals surface area contributed by atoms with Crippen molar-refractivity contribution >= 4 is 5.82 Å². The van der Waals surface area contributed by atoms with Gasteiger partial charge < -0.3 is 30.5 Å². The molecule has 1 aliphatic rings. The molecule has 9 nitrogen and oxygen atoms in total. The SMILES string of the molecule is Nc1ccn([C@@H]2O[C@H](CO)C(O)C2OCCO)c(=O)n1. The van der Waals surface area contributed by atoms with Gasteiger partial charge in [0.05, 0.1) is 19.8 Å². The fraction of sp³-hybridized carbons (Fsp3) is 0.636. The summed E-state index contributed by atoms with van der Waals surface area (Å²) < 4.78 is 11.8. The second kappa shape index (κ2) is 6.29. The van der Waals surface area contributed by atoms with Gasteiger partial charge in [-0.05, 0) is 6.07 Å². The molecule has 0 bridgehead atoms. The molecule has 1 fully saturated rings. The summed E-state index contributed by atoms with van der Waals surface area (Å²) in [5.41, 5.74) is 4.75. The summed E-state index contributed by atoms with van der Waals surface area (Å²) in [6.07, 6.45) is -2.48. The Morgan fingerprint density at radius 3 is 2.85 bits per heavy atom. The molecule has 0 amide bonds. The van der Waals surface area contributed by atoms with Gasteiger partial charge in [0.25, 0.3) is 0 Å². The Bertz CT molecular complexity index is 507. The molecule has 1 aliphatic heterocycles. The number of aliphatic hydroxyl groups excluding tert-OH is 3. The number of anilines is 1. The van der Waals surface area contributed by atoms with Crippen molar-refractivity contribution in [2.75, 3.05) is 25.6 Å². The van der Waals surface area contributed by atoms with Gasteiger partial charge >= 0.3 is 5.69 Å². The largest absolute Gasteiger partial charge is 0.394 e. The Labute approximate surface area is 114 Å². The van der Waals surface area contributed by atoms with E-state index in [1.54, 1.807) is 0 Å². The second-order valence-corrected chi connectivity index (χ2v) is 4.34. The van der Waals surface area contributed by atoms with Gasteiger partial charge in [-0.3, -0.25) is 4.57 Å². The number of hydrogen-bond acceptors (Lipinski definition) is 8. The fourth-order valence-corrected chi connectivity index (χ4v) is 2.08.